The number of aryl methyl sites for hydroxylation is 1. The fourth-order valence-corrected chi connectivity index (χ4v) is 1.86. The minimum Gasteiger partial charge on any atom is -0.376 e. The number of aromatic nitrogens is 2. The summed E-state index contributed by atoms with van der Waals surface area (Å²) in [7, 11) is 1.69. The van der Waals surface area contributed by atoms with Gasteiger partial charge in [-0.3, -0.25) is 9.48 Å². The number of nitrogens with zero attached hydrogens (tertiary/aromatic N) is 2. The van der Waals surface area contributed by atoms with E-state index in [1.807, 2.05) is 0 Å². The maximum absolute atomic E-state index is 11.7. The molecular weight excluding hydrogens is 230 g/mol. The van der Waals surface area contributed by atoms with Crippen molar-refractivity contribution in [2.45, 2.75) is 18.9 Å². The van der Waals surface area contributed by atoms with Gasteiger partial charge in [0.1, 0.15) is 5.15 Å². The van der Waals surface area contributed by atoms with Crippen LogP contribution in [0, 0.1) is 0 Å². The number of ether oxygens (including phenoxy) is 1. The zero-order chi connectivity index (χ0) is 11.5. The van der Waals surface area contributed by atoms with Crippen LogP contribution >= 0.6 is 11.6 Å². The van der Waals surface area contributed by atoms with Gasteiger partial charge >= 0.3 is 0 Å². The molecule has 0 spiro atoms. The van der Waals surface area contributed by atoms with Crippen molar-refractivity contribution in [3.8, 4) is 0 Å². The van der Waals surface area contributed by atoms with Crippen LogP contribution in [-0.4, -0.2) is 34.9 Å². The first kappa shape index (κ1) is 11.4. The van der Waals surface area contributed by atoms with Crippen molar-refractivity contribution >= 4 is 17.5 Å². The van der Waals surface area contributed by atoms with E-state index in [1.54, 1.807) is 7.05 Å². The quantitative estimate of drug-likeness (QED) is 0.861. The Balaban J connectivity index is 1.90. The van der Waals surface area contributed by atoms with E-state index in [4.69, 9.17) is 16.3 Å². The summed E-state index contributed by atoms with van der Waals surface area (Å²) in [6, 6.07) is 0. The van der Waals surface area contributed by atoms with Crippen LogP contribution < -0.4 is 5.32 Å². The number of rotatable bonds is 3. The highest BCUT2D eigenvalue weighted by atomic mass is 35.5. The molecule has 0 saturated carbocycles. The molecule has 1 saturated heterocycles. The van der Waals surface area contributed by atoms with E-state index >= 15 is 0 Å². The largest absolute Gasteiger partial charge is 0.376 e. The van der Waals surface area contributed by atoms with Crippen molar-refractivity contribution < 1.29 is 9.53 Å². The van der Waals surface area contributed by atoms with Gasteiger partial charge in [-0.05, 0) is 12.8 Å². The van der Waals surface area contributed by atoms with Gasteiger partial charge in [0, 0.05) is 20.2 Å². The van der Waals surface area contributed by atoms with Crippen LogP contribution in [0.4, 0.5) is 0 Å². The van der Waals surface area contributed by atoms with Crippen molar-refractivity contribution in [3.05, 3.63) is 16.9 Å². The lowest BCUT2D eigenvalue weighted by Crippen LogP contribution is -2.31. The minimum absolute atomic E-state index is 0.138. The zero-order valence-electron chi connectivity index (χ0n) is 9.07. The number of nitrogens with one attached hydrogen (secondary N) is 1. The Morgan fingerprint density at radius 2 is 2.62 bits per heavy atom. The molecule has 2 heterocycles. The molecule has 0 radical (unpaired) electrons. The second kappa shape index (κ2) is 4.84. The molecule has 1 aliphatic rings. The van der Waals surface area contributed by atoms with Crippen LogP contribution in [0.2, 0.25) is 5.15 Å². The summed E-state index contributed by atoms with van der Waals surface area (Å²) in [5, 5.41) is 7.05. The Kier molecular flexibility index (Phi) is 3.46. The summed E-state index contributed by atoms with van der Waals surface area (Å²) < 4.78 is 6.87. The Bertz CT molecular complexity index is 385. The van der Waals surface area contributed by atoms with Crippen LogP contribution in [0.25, 0.3) is 0 Å². The zero-order valence-corrected chi connectivity index (χ0v) is 9.83. The molecule has 1 N–H and O–H groups in total. The first-order valence-electron chi connectivity index (χ1n) is 5.26. The van der Waals surface area contributed by atoms with Gasteiger partial charge in [0.05, 0.1) is 17.9 Å². The van der Waals surface area contributed by atoms with E-state index in [0.717, 1.165) is 19.4 Å². The van der Waals surface area contributed by atoms with Crippen LogP contribution in [0.15, 0.2) is 6.20 Å². The molecule has 1 atom stereocenters. The topological polar surface area (TPSA) is 56.2 Å². The first-order chi connectivity index (χ1) is 7.68. The van der Waals surface area contributed by atoms with Gasteiger partial charge in [-0.1, -0.05) is 11.6 Å². The van der Waals surface area contributed by atoms with Gasteiger partial charge in [-0.25, -0.2) is 0 Å². The first-order valence-corrected chi connectivity index (χ1v) is 5.63. The Morgan fingerprint density at radius 1 is 1.81 bits per heavy atom. The van der Waals surface area contributed by atoms with Gasteiger partial charge < -0.3 is 10.1 Å². The molecule has 0 bridgehead atoms. The highest BCUT2D eigenvalue weighted by Gasteiger charge is 2.18. The molecule has 0 aromatic carbocycles. The monoisotopic (exact) mass is 243 g/mol. The summed E-state index contributed by atoms with van der Waals surface area (Å²) in [4.78, 5) is 11.7. The van der Waals surface area contributed by atoms with Crippen molar-refractivity contribution in [1.29, 1.82) is 0 Å². The third kappa shape index (κ3) is 2.36. The summed E-state index contributed by atoms with van der Waals surface area (Å²) in [5.74, 6) is -0.200. The molecule has 1 fully saturated rings. The Labute approximate surface area is 98.7 Å². The highest BCUT2D eigenvalue weighted by Crippen LogP contribution is 2.14. The molecule has 1 aliphatic heterocycles. The van der Waals surface area contributed by atoms with E-state index < -0.39 is 0 Å². The molecule has 1 amide bonds. The second-order valence-electron chi connectivity index (χ2n) is 3.82. The van der Waals surface area contributed by atoms with Crippen molar-refractivity contribution in [3.63, 3.8) is 0 Å². The van der Waals surface area contributed by atoms with E-state index in [-0.39, 0.29) is 12.0 Å². The van der Waals surface area contributed by atoms with Crippen LogP contribution in [0.5, 0.6) is 0 Å². The van der Waals surface area contributed by atoms with Crippen molar-refractivity contribution in [2.24, 2.45) is 7.05 Å². The third-order valence-corrected chi connectivity index (χ3v) is 3.07. The number of hydrogen-bond donors (Lipinski definition) is 1. The smallest absolute Gasteiger partial charge is 0.256 e. The molecular formula is C10H14ClN3O2. The minimum atomic E-state index is -0.200. The summed E-state index contributed by atoms with van der Waals surface area (Å²) in [5.41, 5.74) is 0.405. The van der Waals surface area contributed by atoms with Gasteiger partial charge in [-0.2, -0.15) is 5.10 Å². The summed E-state index contributed by atoms with van der Waals surface area (Å²) in [6.45, 7) is 1.32. The fourth-order valence-electron chi connectivity index (χ4n) is 1.68. The number of carbonyl (C=O) groups is 1. The average molecular weight is 244 g/mol. The summed E-state index contributed by atoms with van der Waals surface area (Å²) >= 11 is 5.91. The predicted molar refractivity (Wildman–Crippen MR) is 59.5 cm³/mol. The predicted octanol–water partition coefficient (Wildman–Crippen LogP) is 0.982. The van der Waals surface area contributed by atoms with Crippen LogP contribution in [0.3, 0.4) is 0 Å². The van der Waals surface area contributed by atoms with Crippen molar-refractivity contribution in [1.82, 2.24) is 15.1 Å². The van der Waals surface area contributed by atoms with E-state index in [9.17, 15) is 4.79 Å². The maximum Gasteiger partial charge on any atom is 0.256 e. The lowest BCUT2D eigenvalue weighted by atomic mass is 10.2. The average Bonchev–Trinajstić information content (AvgIpc) is 2.88. The Hall–Kier alpha value is -1.07. The van der Waals surface area contributed by atoms with E-state index in [1.165, 1.54) is 10.9 Å². The normalized spacial score (nSPS) is 20.0. The number of carbonyl (C=O) groups excluding carboxylic acids is 1. The molecule has 88 valence electrons. The second-order valence-corrected chi connectivity index (χ2v) is 4.18. The number of amides is 1. The molecule has 2 rings (SSSR count). The third-order valence-electron chi connectivity index (χ3n) is 2.63. The fraction of sp³-hybridized carbons (Fsp3) is 0.600. The van der Waals surface area contributed by atoms with Crippen LogP contribution in [-0.2, 0) is 11.8 Å². The molecule has 1 aromatic rings. The SMILES string of the molecule is Cn1ncc(C(=O)NC[C@H]2CCCO2)c1Cl. The molecule has 1 aromatic heterocycles. The number of halogens is 1. The molecule has 0 aliphatic carbocycles. The lowest BCUT2D eigenvalue weighted by molar-refractivity contribution is 0.0858. The molecule has 5 nitrogen and oxygen atoms in total. The van der Waals surface area contributed by atoms with E-state index in [0.29, 0.717) is 17.3 Å². The van der Waals surface area contributed by atoms with Gasteiger partial charge in [0.2, 0.25) is 0 Å². The van der Waals surface area contributed by atoms with Gasteiger partial charge in [0.25, 0.3) is 5.91 Å². The van der Waals surface area contributed by atoms with Gasteiger partial charge in [0.15, 0.2) is 0 Å². The molecule has 16 heavy (non-hydrogen) atoms. The van der Waals surface area contributed by atoms with Crippen molar-refractivity contribution in [2.75, 3.05) is 13.2 Å². The molecule has 6 heteroatoms. The highest BCUT2D eigenvalue weighted by molar-refractivity contribution is 6.32. The van der Waals surface area contributed by atoms with E-state index in [2.05, 4.69) is 10.4 Å². The molecule has 0 unspecified atom stereocenters. The van der Waals surface area contributed by atoms with Crippen LogP contribution in [0.1, 0.15) is 23.2 Å². The summed E-state index contributed by atoms with van der Waals surface area (Å²) in [6.07, 6.45) is 3.67. The maximum atomic E-state index is 11.7. The lowest BCUT2D eigenvalue weighted by Gasteiger charge is -2.09. The Morgan fingerprint density at radius 3 is 3.19 bits per heavy atom. The van der Waals surface area contributed by atoms with Gasteiger partial charge in [-0.15, -0.1) is 0 Å². The number of hydrogen-bond acceptors (Lipinski definition) is 3. The standard InChI is InChI=1S/C10H14ClN3O2/c1-14-9(11)8(6-13-14)10(15)12-5-7-3-2-4-16-7/h6-7H,2-5H2,1H3,(H,12,15)/t7-/m1/s1.